The second-order valence-corrected chi connectivity index (χ2v) is 5.84. The molecule has 0 N–H and O–H groups in total. The first-order chi connectivity index (χ1) is 11.4. The van der Waals surface area contributed by atoms with E-state index in [9.17, 15) is 0 Å². The zero-order valence-corrected chi connectivity index (χ0v) is 16.3. The summed E-state index contributed by atoms with van der Waals surface area (Å²) in [5, 5.41) is 2.28. The molecule has 2 heterocycles. The Hall–Kier alpha value is -1.83. The van der Waals surface area contributed by atoms with E-state index >= 15 is 0 Å². The van der Waals surface area contributed by atoms with Crippen LogP contribution in [0, 0.1) is 0 Å². The fourth-order valence-corrected chi connectivity index (χ4v) is 3.19. The average molecular weight is 436 g/mol. The van der Waals surface area contributed by atoms with Crippen molar-refractivity contribution < 1.29 is 19.5 Å². The summed E-state index contributed by atoms with van der Waals surface area (Å²) in [4.78, 5) is 8.69. The Kier molecular flexibility index (Phi) is 7.04. The van der Waals surface area contributed by atoms with Crippen molar-refractivity contribution in [1.29, 1.82) is 0 Å². The third-order valence-electron chi connectivity index (χ3n) is 4.36. The van der Waals surface area contributed by atoms with Gasteiger partial charge in [-0.1, -0.05) is 48.5 Å². The van der Waals surface area contributed by atoms with Gasteiger partial charge in [-0.05, 0) is 42.5 Å². The molecule has 25 heavy (non-hydrogen) atoms. The van der Waals surface area contributed by atoms with E-state index in [4.69, 9.17) is 0 Å². The largest absolute Gasteiger partial charge is 3.00 e. The van der Waals surface area contributed by atoms with Crippen LogP contribution in [0.5, 0.6) is 0 Å². The second-order valence-electron chi connectivity index (χ2n) is 5.84. The summed E-state index contributed by atoms with van der Waals surface area (Å²) in [6.45, 7) is 0. The van der Waals surface area contributed by atoms with Gasteiger partial charge in [-0.3, -0.25) is 9.97 Å². The van der Waals surface area contributed by atoms with Gasteiger partial charge >= 0.3 is 19.5 Å². The number of aryl methyl sites for hydroxylation is 2. The molecule has 0 fully saturated rings. The van der Waals surface area contributed by atoms with Crippen LogP contribution in [0.2, 0.25) is 0 Å². The van der Waals surface area contributed by atoms with Crippen molar-refractivity contribution in [3.8, 4) is 0 Å². The number of aromatic nitrogens is 2. The van der Waals surface area contributed by atoms with E-state index in [-0.39, 0.29) is 31.9 Å². The van der Waals surface area contributed by atoms with E-state index < -0.39 is 0 Å². The summed E-state index contributed by atoms with van der Waals surface area (Å²) in [5.74, 6) is 0. The molecular formula is C21H19ClN2Ru+3. The average Bonchev–Trinajstić information content (AvgIpc) is 3.11. The van der Waals surface area contributed by atoms with Crippen molar-refractivity contribution in [2.24, 2.45) is 0 Å². The number of benzene rings is 2. The monoisotopic (exact) mass is 436 g/mol. The van der Waals surface area contributed by atoms with Crippen LogP contribution in [0.1, 0.15) is 17.5 Å². The predicted molar refractivity (Wildman–Crippen MR) is 103 cm³/mol. The van der Waals surface area contributed by atoms with E-state index in [1.54, 1.807) is 23.5 Å². The summed E-state index contributed by atoms with van der Waals surface area (Å²) < 4.78 is 0. The van der Waals surface area contributed by atoms with Crippen molar-refractivity contribution in [3.05, 3.63) is 84.2 Å². The van der Waals surface area contributed by atoms with Gasteiger partial charge in [0.2, 0.25) is 0 Å². The van der Waals surface area contributed by atoms with Gasteiger partial charge in [0.15, 0.2) is 0 Å². The Balaban J connectivity index is 0.000000180. The van der Waals surface area contributed by atoms with Gasteiger partial charge in [0.25, 0.3) is 0 Å². The van der Waals surface area contributed by atoms with Crippen molar-refractivity contribution in [2.45, 2.75) is 19.3 Å². The fraction of sp³-hybridized carbons (Fsp3) is 0.143. The molecule has 5 rings (SSSR count). The maximum Gasteiger partial charge on any atom is 3.00 e. The number of pyridine rings is 2. The summed E-state index contributed by atoms with van der Waals surface area (Å²) >= 11 is 0. The van der Waals surface area contributed by atoms with Crippen molar-refractivity contribution >= 4 is 34.2 Å². The Bertz CT molecular complexity index is 894. The van der Waals surface area contributed by atoms with Gasteiger partial charge in [-0.2, -0.15) is 0 Å². The molecule has 1 aliphatic carbocycles. The fourth-order valence-electron chi connectivity index (χ4n) is 3.19. The summed E-state index contributed by atoms with van der Waals surface area (Å²) in [7, 11) is 0. The predicted octanol–water partition coefficient (Wildman–Crippen LogP) is 5.38. The molecule has 2 aromatic carbocycles. The van der Waals surface area contributed by atoms with Gasteiger partial charge < -0.3 is 0 Å². The van der Waals surface area contributed by atoms with Crippen LogP contribution in [0.25, 0.3) is 21.8 Å². The SMILES string of the molecule is Cl.[Ru+3].c1ccc2c(c1)CCC2.c1cnc2c(c1)ccc1cccnc12. The molecule has 125 valence electrons. The van der Waals surface area contributed by atoms with E-state index in [1.165, 1.54) is 19.3 Å². The number of fused-ring (bicyclic) bond motifs is 4. The molecular weight excluding hydrogens is 417 g/mol. The maximum atomic E-state index is 4.35. The molecule has 0 bridgehead atoms. The molecule has 1 aliphatic rings. The standard InChI is InChI=1S/C12H8N2.C9H10.ClH.Ru/c1-3-9-5-6-10-4-2-8-14-12(10)11(9)13-7-1;1-2-5-9-7-3-6-8(9)4-1;;/h1-8H;1-2,4-5H,3,6-7H2;1H;/q;;;+3. The zero-order valence-electron chi connectivity index (χ0n) is 13.7. The molecule has 1 radical (unpaired) electrons. The van der Waals surface area contributed by atoms with Crippen molar-refractivity contribution in [3.63, 3.8) is 0 Å². The first-order valence-electron chi connectivity index (χ1n) is 8.07. The van der Waals surface area contributed by atoms with Crippen LogP contribution in [0.15, 0.2) is 73.1 Å². The topological polar surface area (TPSA) is 25.8 Å². The van der Waals surface area contributed by atoms with Crippen LogP contribution in [0.4, 0.5) is 0 Å². The van der Waals surface area contributed by atoms with E-state index in [1.807, 2.05) is 12.1 Å². The normalized spacial score (nSPS) is 11.7. The number of hydrogen-bond acceptors (Lipinski definition) is 2. The molecule has 0 spiro atoms. The van der Waals surface area contributed by atoms with Gasteiger partial charge in [0, 0.05) is 23.2 Å². The molecule has 0 saturated heterocycles. The minimum Gasteiger partial charge on any atom is -0.254 e. The van der Waals surface area contributed by atoms with Crippen LogP contribution in [0.3, 0.4) is 0 Å². The van der Waals surface area contributed by atoms with Crippen LogP contribution in [-0.2, 0) is 32.3 Å². The molecule has 2 nitrogen and oxygen atoms in total. The minimum atomic E-state index is 0. The van der Waals surface area contributed by atoms with Crippen LogP contribution < -0.4 is 0 Å². The molecule has 0 saturated carbocycles. The zero-order chi connectivity index (χ0) is 15.5. The Morgan fingerprint density at radius 2 is 1.08 bits per heavy atom. The maximum absolute atomic E-state index is 4.35. The van der Waals surface area contributed by atoms with Crippen LogP contribution in [-0.4, -0.2) is 9.97 Å². The molecule has 0 unspecified atom stereocenters. The molecule has 2 aromatic heterocycles. The van der Waals surface area contributed by atoms with Gasteiger partial charge in [0.05, 0.1) is 11.0 Å². The number of hydrogen-bond donors (Lipinski definition) is 0. The van der Waals surface area contributed by atoms with Gasteiger partial charge in [-0.25, -0.2) is 0 Å². The summed E-state index contributed by atoms with van der Waals surface area (Å²) in [6.07, 6.45) is 7.57. The quantitative estimate of drug-likeness (QED) is 0.274. The van der Waals surface area contributed by atoms with Crippen molar-refractivity contribution in [1.82, 2.24) is 9.97 Å². The molecule has 4 heteroatoms. The number of rotatable bonds is 0. The van der Waals surface area contributed by atoms with E-state index in [0.29, 0.717) is 0 Å². The summed E-state index contributed by atoms with van der Waals surface area (Å²) in [5.41, 5.74) is 5.09. The first-order valence-corrected chi connectivity index (χ1v) is 8.07. The first kappa shape index (κ1) is 19.5. The molecule has 0 amide bonds. The van der Waals surface area contributed by atoms with Gasteiger partial charge in [0.1, 0.15) is 0 Å². The molecule has 0 aliphatic heterocycles. The van der Waals surface area contributed by atoms with Crippen LogP contribution >= 0.6 is 12.4 Å². The number of halogens is 1. The molecule has 0 atom stereocenters. The Labute approximate surface area is 166 Å². The second kappa shape index (κ2) is 9.03. The number of nitrogens with zero attached hydrogens (tertiary/aromatic N) is 2. The van der Waals surface area contributed by atoms with E-state index in [2.05, 4.69) is 58.5 Å². The third kappa shape index (κ3) is 4.23. The smallest absolute Gasteiger partial charge is 0.254 e. The van der Waals surface area contributed by atoms with Gasteiger partial charge in [-0.15, -0.1) is 12.4 Å². The summed E-state index contributed by atoms with van der Waals surface area (Å²) in [6, 6.07) is 20.9. The molecule has 4 aromatic rings. The Morgan fingerprint density at radius 1 is 0.600 bits per heavy atom. The van der Waals surface area contributed by atoms with Crippen molar-refractivity contribution in [2.75, 3.05) is 0 Å². The minimum absolute atomic E-state index is 0. The third-order valence-corrected chi connectivity index (χ3v) is 4.36. The Morgan fingerprint density at radius 3 is 1.56 bits per heavy atom. The van der Waals surface area contributed by atoms with E-state index in [0.717, 1.165) is 21.8 Å².